The third-order valence-electron chi connectivity index (χ3n) is 1.81. The molecule has 2 rings (SSSR count). The highest BCUT2D eigenvalue weighted by molar-refractivity contribution is 5.67. The van der Waals surface area contributed by atoms with Crippen molar-refractivity contribution >= 4 is 6.08 Å². The van der Waals surface area contributed by atoms with Crippen LogP contribution in [0.2, 0.25) is 0 Å². The number of rotatable bonds is 2. The van der Waals surface area contributed by atoms with E-state index in [0.29, 0.717) is 0 Å². The number of aromatic nitrogens is 1. The SMILES string of the molecule is C=Cc1cccnc1-c1ccco1. The average Bonchev–Trinajstić information content (AvgIpc) is 2.70. The highest BCUT2D eigenvalue weighted by atomic mass is 16.3. The summed E-state index contributed by atoms with van der Waals surface area (Å²) in [4.78, 5) is 4.23. The van der Waals surface area contributed by atoms with E-state index in [0.717, 1.165) is 17.0 Å². The lowest BCUT2D eigenvalue weighted by Crippen LogP contribution is -1.84. The molecule has 0 aromatic carbocycles. The standard InChI is InChI=1S/C11H9NO/c1-2-9-5-3-7-12-11(9)10-6-4-8-13-10/h2-8H,1H2. The van der Waals surface area contributed by atoms with Crippen LogP contribution in [0, 0.1) is 0 Å². The van der Waals surface area contributed by atoms with Crippen LogP contribution in [-0.4, -0.2) is 4.98 Å². The van der Waals surface area contributed by atoms with Crippen LogP contribution in [0.15, 0.2) is 47.7 Å². The maximum absolute atomic E-state index is 5.25. The summed E-state index contributed by atoms with van der Waals surface area (Å²) in [6.45, 7) is 3.72. The molecule has 0 atom stereocenters. The van der Waals surface area contributed by atoms with E-state index >= 15 is 0 Å². The lowest BCUT2D eigenvalue weighted by atomic mass is 10.1. The van der Waals surface area contributed by atoms with Gasteiger partial charge in [-0.15, -0.1) is 0 Å². The minimum atomic E-state index is 0.774. The van der Waals surface area contributed by atoms with E-state index in [1.165, 1.54) is 0 Å². The van der Waals surface area contributed by atoms with Crippen molar-refractivity contribution in [3.8, 4) is 11.5 Å². The minimum Gasteiger partial charge on any atom is -0.463 e. The Kier molecular flexibility index (Phi) is 1.96. The normalized spacial score (nSPS) is 9.85. The quantitative estimate of drug-likeness (QED) is 0.694. The van der Waals surface area contributed by atoms with Crippen LogP contribution < -0.4 is 0 Å². The van der Waals surface area contributed by atoms with Crippen molar-refractivity contribution in [1.29, 1.82) is 0 Å². The van der Waals surface area contributed by atoms with Gasteiger partial charge in [0, 0.05) is 11.8 Å². The van der Waals surface area contributed by atoms with Crippen LogP contribution in [-0.2, 0) is 0 Å². The van der Waals surface area contributed by atoms with Crippen molar-refractivity contribution in [2.24, 2.45) is 0 Å². The molecular weight excluding hydrogens is 162 g/mol. The first kappa shape index (κ1) is 7.80. The predicted octanol–water partition coefficient (Wildman–Crippen LogP) is 2.98. The molecule has 0 saturated heterocycles. The third-order valence-corrected chi connectivity index (χ3v) is 1.81. The molecular formula is C11H9NO. The van der Waals surface area contributed by atoms with Gasteiger partial charge in [-0.2, -0.15) is 0 Å². The number of pyridine rings is 1. The zero-order chi connectivity index (χ0) is 9.10. The molecule has 2 aromatic rings. The van der Waals surface area contributed by atoms with Crippen molar-refractivity contribution in [2.75, 3.05) is 0 Å². The lowest BCUT2D eigenvalue weighted by Gasteiger charge is -1.99. The van der Waals surface area contributed by atoms with E-state index in [1.54, 1.807) is 18.5 Å². The topological polar surface area (TPSA) is 26.0 Å². The van der Waals surface area contributed by atoms with E-state index in [2.05, 4.69) is 11.6 Å². The Morgan fingerprint density at radius 1 is 1.31 bits per heavy atom. The second kappa shape index (κ2) is 3.27. The van der Waals surface area contributed by atoms with Gasteiger partial charge in [0.1, 0.15) is 5.69 Å². The highest BCUT2D eigenvalue weighted by Crippen LogP contribution is 2.21. The van der Waals surface area contributed by atoms with Crippen LogP contribution in [0.4, 0.5) is 0 Å². The fourth-order valence-electron chi connectivity index (χ4n) is 1.20. The Morgan fingerprint density at radius 3 is 2.92 bits per heavy atom. The fraction of sp³-hybridized carbons (Fsp3) is 0. The Bertz CT molecular complexity index is 404. The summed E-state index contributed by atoms with van der Waals surface area (Å²) in [5.74, 6) is 0.774. The van der Waals surface area contributed by atoms with Crippen molar-refractivity contribution in [3.05, 3.63) is 48.9 Å². The van der Waals surface area contributed by atoms with Crippen LogP contribution in [0.3, 0.4) is 0 Å². The van der Waals surface area contributed by atoms with Crippen molar-refractivity contribution in [1.82, 2.24) is 4.98 Å². The molecule has 0 radical (unpaired) electrons. The zero-order valence-electron chi connectivity index (χ0n) is 7.10. The number of hydrogen-bond acceptors (Lipinski definition) is 2. The first-order valence-electron chi connectivity index (χ1n) is 4.03. The van der Waals surface area contributed by atoms with Gasteiger partial charge in [-0.3, -0.25) is 4.98 Å². The number of hydrogen-bond donors (Lipinski definition) is 0. The van der Waals surface area contributed by atoms with Gasteiger partial charge in [0.05, 0.1) is 6.26 Å². The summed E-state index contributed by atoms with van der Waals surface area (Å²) in [7, 11) is 0. The van der Waals surface area contributed by atoms with Gasteiger partial charge in [0.25, 0.3) is 0 Å². The van der Waals surface area contributed by atoms with Gasteiger partial charge >= 0.3 is 0 Å². The molecule has 0 unspecified atom stereocenters. The predicted molar refractivity (Wildman–Crippen MR) is 52.0 cm³/mol. The van der Waals surface area contributed by atoms with Gasteiger partial charge in [-0.1, -0.05) is 18.7 Å². The van der Waals surface area contributed by atoms with Crippen molar-refractivity contribution in [2.45, 2.75) is 0 Å². The van der Waals surface area contributed by atoms with Crippen LogP contribution in [0.5, 0.6) is 0 Å². The summed E-state index contributed by atoms with van der Waals surface area (Å²) in [5, 5.41) is 0. The second-order valence-electron chi connectivity index (χ2n) is 2.62. The molecule has 0 amide bonds. The Morgan fingerprint density at radius 2 is 2.23 bits per heavy atom. The zero-order valence-corrected chi connectivity index (χ0v) is 7.10. The van der Waals surface area contributed by atoms with Crippen LogP contribution in [0.25, 0.3) is 17.5 Å². The largest absolute Gasteiger partial charge is 0.463 e. The molecule has 2 heteroatoms. The summed E-state index contributed by atoms with van der Waals surface area (Å²) in [5.41, 5.74) is 1.82. The first-order valence-corrected chi connectivity index (χ1v) is 4.03. The van der Waals surface area contributed by atoms with E-state index in [4.69, 9.17) is 4.42 Å². The summed E-state index contributed by atoms with van der Waals surface area (Å²) in [6.07, 6.45) is 5.15. The van der Waals surface area contributed by atoms with Crippen LogP contribution >= 0.6 is 0 Å². The molecule has 2 heterocycles. The smallest absolute Gasteiger partial charge is 0.152 e. The lowest BCUT2D eigenvalue weighted by molar-refractivity contribution is 0.580. The van der Waals surface area contributed by atoms with Gasteiger partial charge in [0.2, 0.25) is 0 Å². The Hall–Kier alpha value is -1.83. The number of furan rings is 1. The molecule has 0 aliphatic heterocycles. The maximum Gasteiger partial charge on any atom is 0.152 e. The summed E-state index contributed by atoms with van der Waals surface area (Å²) in [6, 6.07) is 7.56. The van der Waals surface area contributed by atoms with Gasteiger partial charge in [0.15, 0.2) is 5.76 Å². The molecule has 0 saturated carbocycles. The van der Waals surface area contributed by atoms with Gasteiger partial charge < -0.3 is 4.42 Å². The second-order valence-corrected chi connectivity index (χ2v) is 2.62. The monoisotopic (exact) mass is 171 g/mol. The van der Waals surface area contributed by atoms with Gasteiger partial charge in [-0.25, -0.2) is 0 Å². The van der Waals surface area contributed by atoms with Crippen molar-refractivity contribution in [3.63, 3.8) is 0 Å². The summed E-state index contributed by atoms with van der Waals surface area (Å²) >= 11 is 0. The average molecular weight is 171 g/mol. The molecule has 2 nitrogen and oxygen atoms in total. The van der Waals surface area contributed by atoms with Gasteiger partial charge in [-0.05, 0) is 18.2 Å². The molecule has 0 N–H and O–H groups in total. The van der Waals surface area contributed by atoms with E-state index in [-0.39, 0.29) is 0 Å². The molecule has 0 bridgehead atoms. The van der Waals surface area contributed by atoms with E-state index in [9.17, 15) is 0 Å². The molecule has 64 valence electrons. The molecule has 0 spiro atoms. The third kappa shape index (κ3) is 1.38. The molecule has 0 aliphatic carbocycles. The number of nitrogens with zero attached hydrogens (tertiary/aromatic N) is 1. The van der Waals surface area contributed by atoms with Crippen LogP contribution in [0.1, 0.15) is 5.56 Å². The molecule has 2 aromatic heterocycles. The highest BCUT2D eigenvalue weighted by Gasteiger charge is 2.04. The van der Waals surface area contributed by atoms with E-state index in [1.807, 2.05) is 24.3 Å². The Balaban J connectivity index is 2.57. The minimum absolute atomic E-state index is 0.774. The molecule has 0 aliphatic rings. The molecule has 0 fully saturated rings. The van der Waals surface area contributed by atoms with E-state index < -0.39 is 0 Å². The fourth-order valence-corrected chi connectivity index (χ4v) is 1.20. The Labute approximate surface area is 76.5 Å². The summed E-state index contributed by atoms with van der Waals surface area (Å²) < 4.78 is 5.25. The van der Waals surface area contributed by atoms with Crippen molar-refractivity contribution < 1.29 is 4.42 Å². The molecule has 13 heavy (non-hydrogen) atoms. The first-order chi connectivity index (χ1) is 6.42. The maximum atomic E-state index is 5.25.